The molecule has 0 radical (unpaired) electrons. The van der Waals surface area contributed by atoms with E-state index in [4.69, 9.17) is 0 Å². The van der Waals surface area contributed by atoms with E-state index in [1.54, 1.807) is 49.1 Å². The van der Waals surface area contributed by atoms with Gasteiger partial charge in [-0.15, -0.1) is 0 Å². The van der Waals surface area contributed by atoms with E-state index in [-0.39, 0.29) is 6.42 Å². The summed E-state index contributed by atoms with van der Waals surface area (Å²) in [7, 11) is -0.653. The van der Waals surface area contributed by atoms with Crippen molar-refractivity contribution in [2.24, 2.45) is 7.05 Å². The molecule has 3 N–H and O–H groups in total. The van der Waals surface area contributed by atoms with Crippen LogP contribution in [-0.4, -0.2) is 46.6 Å². The maximum atomic E-state index is 12.8. The first-order chi connectivity index (χ1) is 13.1. The number of amides is 1. The Labute approximate surface area is 164 Å². The Kier molecular flexibility index (Phi) is 5.57. The van der Waals surface area contributed by atoms with Crippen LogP contribution in [0.15, 0.2) is 30.5 Å². The molecule has 10 heteroatoms. The lowest BCUT2D eigenvalue weighted by molar-refractivity contribution is -0.120. The summed E-state index contributed by atoms with van der Waals surface area (Å²) >= 11 is 0. The molecule has 0 aliphatic carbocycles. The van der Waals surface area contributed by atoms with Crippen LogP contribution in [0.1, 0.15) is 42.3 Å². The molecular formula is C18H25N5O4S. The maximum Gasteiger partial charge on any atom is 0.280 e. The zero-order valence-electron chi connectivity index (χ0n) is 16.2. The van der Waals surface area contributed by atoms with E-state index in [2.05, 4.69) is 15.1 Å². The zero-order chi connectivity index (χ0) is 20.6. The van der Waals surface area contributed by atoms with E-state index < -0.39 is 34.3 Å². The van der Waals surface area contributed by atoms with Crippen molar-refractivity contribution in [2.45, 2.75) is 38.5 Å². The predicted molar refractivity (Wildman–Crippen MR) is 105 cm³/mol. The third-order valence-corrected chi connectivity index (χ3v) is 6.78. The molecule has 1 saturated heterocycles. The lowest BCUT2D eigenvalue weighted by Gasteiger charge is -2.36. The minimum Gasteiger partial charge on any atom is -0.389 e. The highest BCUT2D eigenvalue weighted by atomic mass is 32.2. The topological polar surface area (TPSA) is 117 Å². The minimum atomic E-state index is -3.82. The number of rotatable bonds is 4. The van der Waals surface area contributed by atoms with Crippen LogP contribution in [0.25, 0.3) is 0 Å². The van der Waals surface area contributed by atoms with Gasteiger partial charge < -0.3 is 10.4 Å². The van der Waals surface area contributed by atoms with Crippen molar-refractivity contribution >= 4 is 21.8 Å². The molecule has 3 atom stereocenters. The molecule has 1 aliphatic heterocycles. The molecule has 0 saturated carbocycles. The van der Waals surface area contributed by atoms with E-state index in [1.807, 2.05) is 6.92 Å². The SMILES string of the molecule is Cc1c([C@H]2C[C@H](C(=O)Nc3ccc([C@@H](C)O)cc3)N(C)S(=O)(=O)N2)cnn1C. The Morgan fingerprint density at radius 2 is 1.96 bits per heavy atom. The second kappa shape index (κ2) is 7.63. The van der Waals surface area contributed by atoms with Gasteiger partial charge in [0.05, 0.1) is 18.3 Å². The highest BCUT2D eigenvalue weighted by Gasteiger charge is 2.41. The van der Waals surface area contributed by atoms with Crippen LogP contribution in [0.2, 0.25) is 0 Å². The second-order valence-electron chi connectivity index (χ2n) is 7.04. The number of aromatic nitrogens is 2. The highest BCUT2D eigenvalue weighted by molar-refractivity contribution is 7.87. The van der Waals surface area contributed by atoms with E-state index in [0.717, 1.165) is 21.1 Å². The van der Waals surface area contributed by atoms with Crippen LogP contribution in [0.4, 0.5) is 5.69 Å². The molecule has 1 aliphatic rings. The molecule has 0 unspecified atom stereocenters. The van der Waals surface area contributed by atoms with Gasteiger partial charge in [-0.25, -0.2) is 0 Å². The van der Waals surface area contributed by atoms with Crippen LogP contribution in [-0.2, 0) is 22.1 Å². The van der Waals surface area contributed by atoms with Crippen molar-refractivity contribution in [3.8, 4) is 0 Å². The lowest BCUT2D eigenvalue weighted by atomic mass is 10.00. The average molecular weight is 407 g/mol. The number of benzene rings is 1. The molecule has 28 heavy (non-hydrogen) atoms. The predicted octanol–water partition coefficient (Wildman–Crippen LogP) is 1.00. The lowest BCUT2D eigenvalue weighted by Crippen LogP contribution is -2.56. The summed E-state index contributed by atoms with van der Waals surface area (Å²) in [5.41, 5.74) is 2.85. The first-order valence-electron chi connectivity index (χ1n) is 8.93. The van der Waals surface area contributed by atoms with Crippen LogP contribution >= 0.6 is 0 Å². The Hall–Kier alpha value is -2.27. The summed E-state index contributed by atoms with van der Waals surface area (Å²) in [6.07, 6.45) is 1.30. The number of hydrogen-bond donors (Lipinski definition) is 3. The molecule has 0 spiro atoms. The van der Waals surface area contributed by atoms with E-state index in [9.17, 15) is 18.3 Å². The largest absolute Gasteiger partial charge is 0.389 e. The fourth-order valence-electron chi connectivity index (χ4n) is 3.24. The Bertz CT molecular complexity index is 968. The van der Waals surface area contributed by atoms with Gasteiger partial charge in [0.25, 0.3) is 10.2 Å². The number of hydrogen-bond acceptors (Lipinski definition) is 5. The van der Waals surface area contributed by atoms with Gasteiger partial charge in [-0.1, -0.05) is 12.1 Å². The minimum absolute atomic E-state index is 0.278. The van der Waals surface area contributed by atoms with E-state index in [0.29, 0.717) is 5.69 Å². The van der Waals surface area contributed by atoms with Crippen LogP contribution in [0, 0.1) is 6.92 Å². The summed E-state index contributed by atoms with van der Waals surface area (Å²) in [6, 6.07) is 5.38. The monoisotopic (exact) mass is 407 g/mol. The normalized spacial score (nSPS) is 23.3. The maximum absolute atomic E-state index is 12.8. The molecule has 0 bridgehead atoms. The van der Waals surface area contributed by atoms with Crippen molar-refractivity contribution < 1.29 is 18.3 Å². The zero-order valence-corrected chi connectivity index (χ0v) is 17.1. The van der Waals surface area contributed by atoms with Crippen molar-refractivity contribution in [3.05, 3.63) is 47.3 Å². The third-order valence-electron chi connectivity index (χ3n) is 5.18. The molecule has 152 valence electrons. The Morgan fingerprint density at radius 1 is 1.32 bits per heavy atom. The van der Waals surface area contributed by atoms with Gasteiger partial charge in [0.1, 0.15) is 6.04 Å². The smallest absolute Gasteiger partial charge is 0.280 e. The molecule has 2 aromatic rings. The van der Waals surface area contributed by atoms with Gasteiger partial charge in [-0.3, -0.25) is 9.48 Å². The Balaban J connectivity index is 1.82. The molecule has 3 rings (SSSR count). The van der Waals surface area contributed by atoms with Gasteiger partial charge in [-0.2, -0.15) is 22.5 Å². The molecule has 1 amide bonds. The number of anilines is 1. The number of likely N-dealkylation sites (N-methyl/N-ethyl adjacent to an activating group) is 1. The third kappa shape index (κ3) is 3.95. The fraction of sp³-hybridized carbons (Fsp3) is 0.444. The van der Waals surface area contributed by atoms with Gasteiger partial charge in [0.2, 0.25) is 5.91 Å². The summed E-state index contributed by atoms with van der Waals surface area (Å²) in [6.45, 7) is 3.51. The summed E-state index contributed by atoms with van der Waals surface area (Å²) in [4.78, 5) is 12.8. The van der Waals surface area contributed by atoms with Crippen molar-refractivity contribution in [2.75, 3.05) is 12.4 Å². The quantitative estimate of drug-likeness (QED) is 0.699. The van der Waals surface area contributed by atoms with Crippen LogP contribution in [0.5, 0.6) is 0 Å². The first kappa shape index (κ1) is 20.5. The summed E-state index contributed by atoms with van der Waals surface area (Å²) < 4.78 is 30.4. The van der Waals surface area contributed by atoms with Gasteiger partial charge >= 0.3 is 0 Å². The number of aryl methyl sites for hydroxylation is 1. The fourth-order valence-corrected chi connectivity index (χ4v) is 4.51. The molecule has 1 aromatic heterocycles. The first-order valence-corrected chi connectivity index (χ1v) is 10.4. The van der Waals surface area contributed by atoms with Gasteiger partial charge in [-0.05, 0) is 38.0 Å². The number of nitrogens with zero attached hydrogens (tertiary/aromatic N) is 3. The van der Waals surface area contributed by atoms with Crippen molar-refractivity contribution in [1.29, 1.82) is 0 Å². The number of aliphatic hydroxyl groups excluding tert-OH is 1. The molecule has 2 heterocycles. The van der Waals surface area contributed by atoms with Crippen LogP contribution in [0.3, 0.4) is 0 Å². The highest BCUT2D eigenvalue weighted by Crippen LogP contribution is 2.30. The van der Waals surface area contributed by atoms with Gasteiger partial charge in [0.15, 0.2) is 0 Å². The van der Waals surface area contributed by atoms with Crippen LogP contribution < -0.4 is 10.0 Å². The van der Waals surface area contributed by atoms with Gasteiger partial charge in [0, 0.05) is 31.0 Å². The van der Waals surface area contributed by atoms with Crippen molar-refractivity contribution in [1.82, 2.24) is 18.8 Å². The number of carbonyl (C=O) groups is 1. The number of carbonyl (C=O) groups excluding carboxylic acids is 1. The standard InChI is InChI=1S/C18H25N5O4S/c1-11-15(10-19-22(11)3)16-9-17(23(4)28(26,27)21-16)18(25)20-14-7-5-13(6-8-14)12(2)24/h5-8,10,12,16-17,21,24H,9H2,1-4H3,(H,20,25)/t12-,16-,17-/m1/s1. The number of nitrogens with one attached hydrogen (secondary N) is 2. The second-order valence-corrected chi connectivity index (χ2v) is 8.80. The summed E-state index contributed by atoms with van der Waals surface area (Å²) in [5.74, 6) is -0.413. The van der Waals surface area contributed by atoms with E-state index >= 15 is 0 Å². The molecular weight excluding hydrogens is 382 g/mol. The molecule has 1 aromatic carbocycles. The molecule has 9 nitrogen and oxygen atoms in total. The molecule has 1 fully saturated rings. The van der Waals surface area contributed by atoms with Crippen molar-refractivity contribution in [3.63, 3.8) is 0 Å². The average Bonchev–Trinajstić information content (AvgIpc) is 2.96. The van der Waals surface area contributed by atoms with E-state index in [1.165, 1.54) is 7.05 Å². The Morgan fingerprint density at radius 3 is 2.50 bits per heavy atom. The summed E-state index contributed by atoms with van der Waals surface area (Å²) in [5, 5.41) is 16.5. The number of aliphatic hydroxyl groups is 1.